The lowest BCUT2D eigenvalue weighted by molar-refractivity contribution is 0.653. The Morgan fingerprint density at radius 2 is 1.70 bits per heavy atom. The number of rotatable bonds is 5. The lowest BCUT2D eigenvalue weighted by Gasteiger charge is -2.12. The normalized spacial score (nSPS) is 11.4. The van der Waals surface area contributed by atoms with Gasteiger partial charge in [0.15, 0.2) is 0 Å². The Labute approximate surface area is 195 Å². The molecule has 0 N–H and O–H groups in total. The molecule has 2 aromatic carbocycles. The predicted octanol–water partition coefficient (Wildman–Crippen LogP) is 8.13. The molecule has 0 bridgehead atoms. The highest BCUT2D eigenvalue weighted by molar-refractivity contribution is 7.15. The Balaban J connectivity index is 1.91. The van der Waals surface area contributed by atoms with E-state index in [1.807, 2.05) is 49.5 Å². The smallest absolute Gasteiger partial charge is 0.147 e. The Hall–Kier alpha value is -1.85. The van der Waals surface area contributed by atoms with Crippen molar-refractivity contribution in [2.75, 3.05) is 0 Å². The third-order valence-corrected chi connectivity index (χ3v) is 6.56. The molecule has 30 heavy (non-hydrogen) atoms. The van der Waals surface area contributed by atoms with E-state index in [9.17, 15) is 0 Å². The maximum absolute atomic E-state index is 6.55. The van der Waals surface area contributed by atoms with Crippen molar-refractivity contribution in [2.24, 2.45) is 5.92 Å². The largest absolute Gasteiger partial charge is 0.296 e. The first kappa shape index (κ1) is 21.4. The van der Waals surface area contributed by atoms with Crippen molar-refractivity contribution in [3.8, 4) is 27.8 Å². The molecule has 0 saturated heterocycles. The summed E-state index contributed by atoms with van der Waals surface area (Å²) in [7, 11) is 0. The zero-order chi connectivity index (χ0) is 21.4. The molecule has 3 nitrogen and oxygen atoms in total. The van der Waals surface area contributed by atoms with Crippen LogP contribution in [0.3, 0.4) is 0 Å². The molecule has 2 heterocycles. The van der Waals surface area contributed by atoms with Gasteiger partial charge in [-0.25, -0.2) is 9.97 Å². The van der Waals surface area contributed by atoms with Crippen LogP contribution < -0.4 is 0 Å². The van der Waals surface area contributed by atoms with E-state index >= 15 is 0 Å². The van der Waals surface area contributed by atoms with E-state index in [1.165, 1.54) is 4.88 Å². The number of nitrogens with zero attached hydrogens (tertiary/aromatic N) is 3. The molecular formula is C23H20Cl3N3S. The fourth-order valence-corrected chi connectivity index (χ4v) is 5.16. The maximum Gasteiger partial charge on any atom is 0.147 e. The third kappa shape index (κ3) is 4.28. The number of imidazole rings is 1. The Morgan fingerprint density at radius 3 is 2.37 bits per heavy atom. The van der Waals surface area contributed by atoms with E-state index in [1.54, 1.807) is 17.4 Å². The summed E-state index contributed by atoms with van der Waals surface area (Å²) in [5.41, 5.74) is 3.61. The van der Waals surface area contributed by atoms with Gasteiger partial charge in [0, 0.05) is 32.4 Å². The first-order valence-electron chi connectivity index (χ1n) is 9.59. The van der Waals surface area contributed by atoms with Crippen molar-refractivity contribution in [3.05, 3.63) is 74.3 Å². The van der Waals surface area contributed by atoms with Gasteiger partial charge in [-0.2, -0.15) is 0 Å². The second-order valence-electron chi connectivity index (χ2n) is 7.54. The molecule has 0 saturated carbocycles. The molecule has 4 rings (SSSR count). The first-order valence-corrected chi connectivity index (χ1v) is 11.5. The van der Waals surface area contributed by atoms with Crippen LogP contribution in [0.4, 0.5) is 0 Å². The zero-order valence-electron chi connectivity index (χ0n) is 16.8. The van der Waals surface area contributed by atoms with Crippen molar-refractivity contribution in [1.29, 1.82) is 0 Å². The van der Waals surface area contributed by atoms with Crippen LogP contribution >= 0.6 is 46.1 Å². The number of hydrogen-bond donors (Lipinski definition) is 0. The molecule has 0 atom stereocenters. The summed E-state index contributed by atoms with van der Waals surface area (Å²) in [4.78, 5) is 10.9. The van der Waals surface area contributed by atoms with E-state index in [0.29, 0.717) is 21.0 Å². The second kappa shape index (κ2) is 8.72. The molecule has 7 heteroatoms. The summed E-state index contributed by atoms with van der Waals surface area (Å²) in [5.74, 6) is 1.32. The lowest BCUT2D eigenvalue weighted by Crippen LogP contribution is -2.00. The van der Waals surface area contributed by atoms with Gasteiger partial charge < -0.3 is 0 Å². The standard InChI is InChI=1S/C23H20Cl3N3S/c1-13(2)10-18-12-27-23(30-18)21-14(3)29(17-7-4-15(24)5-8-17)22(28-21)19-9-6-16(25)11-20(19)26/h4-9,11-13H,10H2,1-3H3. The van der Waals surface area contributed by atoms with Crippen LogP contribution in [0.15, 0.2) is 48.7 Å². The fourth-order valence-electron chi connectivity index (χ4n) is 3.38. The summed E-state index contributed by atoms with van der Waals surface area (Å²) in [5, 5.41) is 2.72. The topological polar surface area (TPSA) is 30.7 Å². The Kier molecular flexibility index (Phi) is 6.21. The van der Waals surface area contributed by atoms with Crippen molar-refractivity contribution in [1.82, 2.24) is 14.5 Å². The van der Waals surface area contributed by atoms with Gasteiger partial charge in [0.1, 0.15) is 16.5 Å². The molecule has 0 aliphatic rings. The van der Waals surface area contributed by atoms with Gasteiger partial charge in [0.25, 0.3) is 0 Å². The van der Waals surface area contributed by atoms with Gasteiger partial charge in [-0.15, -0.1) is 11.3 Å². The summed E-state index contributed by atoms with van der Waals surface area (Å²) in [6.07, 6.45) is 2.96. The number of thiazole rings is 1. The molecule has 154 valence electrons. The van der Waals surface area contributed by atoms with Gasteiger partial charge in [-0.3, -0.25) is 4.57 Å². The van der Waals surface area contributed by atoms with Crippen molar-refractivity contribution < 1.29 is 0 Å². The quantitative estimate of drug-likeness (QED) is 0.291. The minimum absolute atomic E-state index is 0.550. The summed E-state index contributed by atoms with van der Waals surface area (Å²) in [6.45, 7) is 6.47. The summed E-state index contributed by atoms with van der Waals surface area (Å²) >= 11 is 20.5. The van der Waals surface area contributed by atoms with E-state index in [4.69, 9.17) is 39.8 Å². The Morgan fingerprint density at radius 1 is 1.00 bits per heavy atom. The van der Waals surface area contributed by atoms with Crippen LogP contribution in [0.25, 0.3) is 27.8 Å². The van der Waals surface area contributed by atoms with Gasteiger partial charge >= 0.3 is 0 Å². The van der Waals surface area contributed by atoms with Gasteiger partial charge in [0.2, 0.25) is 0 Å². The summed E-state index contributed by atoms with van der Waals surface area (Å²) in [6, 6.07) is 13.1. The number of hydrogen-bond acceptors (Lipinski definition) is 3. The molecule has 0 unspecified atom stereocenters. The maximum atomic E-state index is 6.55. The highest BCUT2D eigenvalue weighted by Gasteiger charge is 2.22. The Bertz CT molecular complexity index is 1190. The minimum Gasteiger partial charge on any atom is -0.296 e. The van der Waals surface area contributed by atoms with Crippen LogP contribution in [0.1, 0.15) is 24.4 Å². The zero-order valence-corrected chi connectivity index (χ0v) is 19.9. The van der Waals surface area contributed by atoms with Gasteiger partial charge in [-0.1, -0.05) is 48.7 Å². The fraction of sp³-hybridized carbons (Fsp3) is 0.217. The number of halogens is 3. The first-order chi connectivity index (χ1) is 14.3. The molecular weight excluding hydrogens is 457 g/mol. The van der Waals surface area contributed by atoms with Crippen LogP contribution in [-0.4, -0.2) is 14.5 Å². The van der Waals surface area contributed by atoms with E-state index in [0.717, 1.165) is 39.9 Å². The molecule has 4 aromatic rings. The highest BCUT2D eigenvalue weighted by Crippen LogP contribution is 2.37. The minimum atomic E-state index is 0.550. The monoisotopic (exact) mass is 475 g/mol. The molecule has 0 aliphatic heterocycles. The molecule has 0 radical (unpaired) electrons. The average Bonchev–Trinajstić information content (AvgIpc) is 3.26. The molecule has 0 amide bonds. The second-order valence-corrected chi connectivity index (χ2v) is 9.93. The number of aromatic nitrogens is 3. The molecule has 2 aromatic heterocycles. The van der Waals surface area contributed by atoms with Crippen LogP contribution in [0, 0.1) is 12.8 Å². The van der Waals surface area contributed by atoms with Crippen LogP contribution in [0.5, 0.6) is 0 Å². The van der Waals surface area contributed by atoms with E-state index in [-0.39, 0.29) is 0 Å². The third-order valence-electron chi connectivity index (χ3n) is 4.73. The van der Waals surface area contributed by atoms with Gasteiger partial charge in [-0.05, 0) is 61.7 Å². The predicted molar refractivity (Wildman–Crippen MR) is 128 cm³/mol. The van der Waals surface area contributed by atoms with Crippen molar-refractivity contribution in [3.63, 3.8) is 0 Å². The van der Waals surface area contributed by atoms with Crippen LogP contribution in [-0.2, 0) is 6.42 Å². The summed E-state index contributed by atoms with van der Waals surface area (Å²) < 4.78 is 2.09. The van der Waals surface area contributed by atoms with Crippen molar-refractivity contribution in [2.45, 2.75) is 27.2 Å². The van der Waals surface area contributed by atoms with E-state index in [2.05, 4.69) is 23.4 Å². The highest BCUT2D eigenvalue weighted by atomic mass is 35.5. The lowest BCUT2D eigenvalue weighted by atomic mass is 10.1. The molecule has 0 fully saturated rings. The SMILES string of the molecule is Cc1c(-c2ncc(CC(C)C)s2)nc(-c2ccc(Cl)cc2Cl)n1-c1ccc(Cl)cc1. The average molecular weight is 477 g/mol. The van der Waals surface area contributed by atoms with Crippen LogP contribution in [0.2, 0.25) is 15.1 Å². The molecule has 0 spiro atoms. The molecule has 0 aliphatic carbocycles. The van der Waals surface area contributed by atoms with Gasteiger partial charge in [0.05, 0.1) is 10.7 Å². The van der Waals surface area contributed by atoms with E-state index < -0.39 is 0 Å². The number of benzene rings is 2. The van der Waals surface area contributed by atoms with Crippen molar-refractivity contribution >= 4 is 46.1 Å².